The molecule has 0 unspecified atom stereocenters. The summed E-state index contributed by atoms with van der Waals surface area (Å²) in [6, 6.07) is 39.7. The third-order valence-electron chi connectivity index (χ3n) is 10.6. The highest BCUT2D eigenvalue weighted by Gasteiger charge is 2.68. The summed E-state index contributed by atoms with van der Waals surface area (Å²) in [5.74, 6) is -2.29. The third kappa shape index (κ3) is 6.02. The number of aliphatic hydroxyl groups is 1. The number of piperazine rings is 1. The molecule has 5 amide bonds. The first kappa shape index (κ1) is 32.7. The van der Waals surface area contributed by atoms with Gasteiger partial charge in [-0.25, -0.2) is 14.5 Å². The number of benzene rings is 5. The molecule has 3 aliphatic rings. The summed E-state index contributed by atoms with van der Waals surface area (Å²) >= 11 is 0. The van der Waals surface area contributed by atoms with E-state index in [-0.39, 0.29) is 31.5 Å². The first-order chi connectivity index (χ1) is 24.9. The fraction of sp³-hybridized carbons (Fsp3) is 0.262. The third-order valence-corrected chi connectivity index (χ3v) is 10.6. The number of hydrogen-bond acceptors (Lipinski definition) is 5. The van der Waals surface area contributed by atoms with Crippen molar-refractivity contribution < 1.29 is 19.5 Å². The lowest BCUT2D eigenvalue weighted by atomic mass is 9.92. The molecule has 5 aromatic rings. The molecule has 8 rings (SSSR count). The van der Waals surface area contributed by atoms with E-state index in [4.69, 9.17) is 0 Å². The van der Waals surface area contributed by atoms with E-state index in [0.29, 0.717) is 25.9 Å². The summed E-state index contributed by atoms with van der Waals surface area (Å²) in [5.41, 5.74) is 3.57. The fourth-order valence-electron chi connectivity index (χ4n) is 8.15. The molecule has 0 saturated carbocycles. The quantitative estimate of drug-likeness (QED) is 0.186. The summed E-state index contributed by atoms with van der Waals surface area (Å²) in [7, 11) is 0. The number of nitrogens with one attached hydrogen (secondary N) is 1. The maximum atomic E-state index is 14.8. The Hall–Kier alpha value is -5.51. The molecule has 0 aromatic heterocycles. The normalized spacial score (nSPS) is 23.2. The Morgan fingerprint density at radius 2 is 1.25 bits per heavy atom. The highest BCUT2D eigenvalue weighted by Crippen LogP contribution is 2.46. The van der Waals surface area contributed by atoms with Gasteiger partial charge in [-0.15, -0.1) is 0 Å². The van der Waals surface area contributed by atoms with Gasteiger partial charge in [0.1, 0.15) is 12.1 Å². The number of amides is 5. The molecule has 51 heavy (non-hydrogen) atoms. The van der Waals surface area contributed by atoms with E-state index in [1.165, 1.54) is 25.5 Å². The van der Waals surface area contributed by atoms with E-state index in [0.717, 1.165) is 22.3 Å². The van der Waals surface area contributed by atoms with Crippen molar-refractivity contribution in [1.82, 2.24) is 24.9 Å². The lowest BCUT2D eigenvalue weighted by Crippen LogP contribution is -2.85. The van der Waals surface area contributed by atoms with Gasteiger partial charge in [0.15, 0.2) is 0 Å². The maximum absolute atomic E-state index is 14.8. The van der Waals surface area contributed by atoms with Gasteiger partial charge in [0.25, 0.3) is 0 Å². The number of hydrogen-bond donors (Lipinski definition) is 2. The van der Waals surface area contributed by atoms with Crippen LogP contribution in [0.2, 0.25) is 0 Å². The monoisotopic (exact) mass is 679 g/mol. The smallest absolute Gasteiger partial charge is 0.332 e. The molecule has 5 aromatic carbocycles. The van der Waals surface area contributed by atoms with Crippen molar-refractivity contribution in [1.29, 1.82) is 0 Å². The molecule has 9 heteroatoms. The molecule has 0 aliphatic carbocycles. The molecule has 2 N–H and O–H groups in total. The standard InChI is InChI=1S/C42H41N5O4/c48-39-37(25-30-12-4-1-5-13-30)47-41(50)44(28-31-14-6-2-7-15-31)40(49)45(29-32-16-8-3-9-17-32)42(47,51)38-23-22-36(46(38)39)27-43-26-33-20-21-34-18-10-11-19-35(34)24-33/h1-21,24,36-38,43,51H,22-23,25-29H2/t36-,37+,38+,42+/m0/s1. The number of carbonyl (C=O) groups excluding carboxylic acids is 3. The van der Waals surface area contributed by atoms with Crippen LogP contribution in [0, 0.1) is 0 Å². The van der Waals surface area contributed by atoms with Crippen LogP contribution < -0.4 is 5.32 Å². The second-order valence-corrected chi connectivity index (χ2v) is 13.8. The average molecular weight is 680 g/mol. The molecule has 258 valence electrons. The van der Waals surface area contributed by atoms with Crippen LogP contribution in [0.25, 0.3) is 10.8 Å². The maximum Gasteiger partial charge on any atom is 0.332 e. The zero-order valence-corrected chi connectivity index (χ0v) is 28.3. The molecule has 0 radical (unpaired) electrons. The number of nitrogens with zero attached hydrogens (tertiary/aromatic N) is 4. The Labute approximate surface area is 297 Å². The second-order valence-electron chi connectivity index (χ2n) is 13.8. The van der Waals surface area contributed by atoms with Crippen LogP contribution in [0.4, 0.5) is 9.59 Å². The molecule has 0 bridgehead atoms. The van der Waals surface area contributed by atoms with Crippen molar-refractivity contribution in [2.75, 3.05) is 6.54 Å². The van der Waals surface area contributed by atoms with Gasteiger partial charge in [0.2, 0.25) is 11.8 Å². The van der Waals surface area contributed by atoms with Gasteiger partial charge in [0, 0.05) is 25.6 Å². The van der Waals surface area contributed by atoms with Crippen LogP contribution in [0.5, 0.6) is 0 Å². The SMILES string of the molecule is O=C1[C@@H](Cc2ccccc2)N2C(=O)N(Cc3ccccc3)C(=O)N(Cc3ccccc3)[C@]2(O)[C@H]2CC[C@@H](CNCc3ccc4ccccc4c3)N12. The van der Waals surface area contributed by atoms with Gasteiger partial charge in [-0.05, 0) is 51.9 Å². The highest BCUT2D eigenvalue weighted by molar-refractivity contribution is 6.00. The second kappa shape index (κ2) is 13.7. The zero-order chi connectivity index (χ0) is 35.0. The first-order valence-electron chi connectivity index (χ1n) is 17.7. The Morgan fingerprint density at radius 3 is 1.94 bits per heavy atom. The van der Waals surface area contributed by atoms with E-state index < -0.39 is 30.0 Å². The molecule has 9 nitrogen and oxygen atoms in total. The molecular formula is C42H41N5O4. The molecular weight excluding hydrogens is 638 g/mol. The molecule has 0 spiro atoms. The first-order valence-corrected chi connectivity index (χ1v) is 17.7. The molecule has 3 aliphatic heterocycles. The lowest BCUT2D eigenvalue weighted by Gasteiger charge is -2.61. The van der Waals surface area contributed by atoms with Crippen LogP contribution in [-0.2, 0) is 30.8 Å². The number of carbonyl (C=O) groups is 3. The van der Waals surface area contributed by atoms with E-state index in [1.807, 2.05) is 103 Å². The Kier molecular flexibility index (Phi) is 8.75. The predicted octanol–water partition coefficient (Wildman–Crippen LogP) is 6.12. The number of urea groups is 2. The minimum absolute atomic E-state index is 0.0122. The minimum Gasteiger partial charge on any atom is -0.352 e. The van der Waals surface area contributed by atoms with Crippen molar-refractivity contribution in [2.24, 2.45) is 0 Å². The van der Waals surface area contributed by atoms with Crippen LogP contribution in [0.15, 0.2) is 133 Å². The van der Waals surface area contributed by atoms with Gasteiger partial charge in [-0.3, -0.25) is 14.6 Å². The lowest BCUT2D eigenvalue weighted by molar-refractivity contribution is -0.258. The molecule has 3 saturated heterocycles. The van der Waals surface area contributed by atoms with E-state index >= 15 is 0 Å². The van der Waals surface area contributed by atoms with Crippen molar-refractivity contribution in [3.63, 3.8) is 0 Å². The van der Waals surface area contributed by atoms with E-state index in [1.54, 1.807) is 4.90 Å². The van der Waals surface area contributed by atoms with E-state index in [9.17, 15) is 19.5 Å². The van der Waals surface area contributed by atoms with Crippen molar-refractivity contribution in [3.05, 3.63) is 156 Å². The Balaban J connectivity index is 1.15. The predicted molar refractivity (Wildman–Crippen MR) is 195 cm³/mol. The van der Waals surface area contributed by atoms with Gasteiger partial charge >= 0.3 is 12.1 Å². The summed E-state index contributed by atoms with van der Waals surface area (Å²) in [4.78, 5) is 49.8. The van der Waals surface area contributed by atoms with Gasteiger partial charge < -0.3 is 15.3 Å². The fourth-order valence-corrected chi connectivity index (χ4v) is 8.15. The topological polar surface area (TPSA) is 96.4 Å². The molecule has 4 atom stereocenters. The summed E-state index contributed by atoms with van der Waals surface area (Å²) in [5, 5.41) is 19.1. The van der Waals surface area contributed by atoms with Crippen molar-refractivity contribution >= 4 is 28.7 Å². The summed E-state index contributed by atoms with van der Waals surface area (Å²) in [6.45, 7) is 1.19. The van der Waals surface area contributed by atoms with Crippen molar-refractivity contribution in [3.8, 4) is 0 Å². The van der Waals surface area contributed by atoms with E-state index in [2.05, 4.69) is 35.6 Å². The zero-order valence-electron chi connectivity index (χ0n) is 28.3. The largest absolute Gasteiger partial charge is 0.352 e. The van der Waals surface area contributed by atoms with Crippen LogP contribution in [-0.4, -0.2) is 73.2 Å². The van der Waals surface area contributed by atoms with Crippen LogP contribution in [0.3, 0.4) is 0 Å². The van der Waals surface area contributed by atoms with Gasteiger partial charge in [0.05, 0.1) is 13.1 Å². The van der Waals surface area contributed by atoms with Gasteiger partial charge in [-0.1, -0.05) is 127 Å². The number of rotatable bonds is 10. The summed E-state index contributed by atoms with van der Waals surface area (Å²) in [6.07, 6.45) is 1.25. The van der Waals surface area contributed by atoms with Crippen LogP contribution >= 0.6 is 0 Å². The van der Waals surface area contributed by atoms with Crippen molar-refractivity contribution in [2.45, 2.75) is 62.9 Å². The molecule has 3 fully saturated rings. The molecule has 3 heterocycles. The highest BCUT2D eigenvalue weighted by atomic mass is 16.4. The van der Waals surface area contributed by atoms with Gasteiger partial charge in [-0.2, -0.15) is 0 Å². The number of fused-ring (bicyclic) bond motifs is 4. The Bertz CT molecular complexity index is 2040. The van der Waals surface area contributed by atoms with Crippen LogP contribution in [0.1, 0.15) is 35.1 Å². The summed E-state index contributed by atoms with van der Waals surface area (Å²) < 4.78 is 0. The average Bonchev–Trinajstić information content (AvgIpc) is 3.60. The number of imide groups is 1. The minimum atomic E-state index is -2.07. The Morgan fingerprint density at radius 1 is 0.647 bits per heavy atom.